The minimum Gasteiger partial charge on any atom is -0.446 e. The van der Waals surface area contributed by atoms with Crippen LogP contribution in [0.3, 0.4) is 0 Å². The molecule has 0 heterocycles. The summed E-state index contributed by atoms with van der Waals surface area (Å²) in [5.74, 6) is 0. The van der Waals surface area contributed by atoms with Gasteiger partial charge in [0.2, 0.25) is 0 Å². The van der Waals surface area contributed by atoms with Crippen molar-refractivity contribution in [1.82, 2.24) is 10.4 Å². The average Bonchev–Trinajstić information content (AvgIpc) is 2.30. The molecule has 3 amide bonds. The second-order valence-corrected chi connectivity index (χ2v) is 4.98. The van der Waals surface area contributed by atoms with E-state index in [0.717, 1.165) is 9.48 Å². The second-order valence-electron chi connectivity index (χ2n) is 4.06. The SMILES string of the molecule is CC(C)OC(=O)NN(C)C(=O)Nc1ccc(Br)cc1. The van der Waals surface area contributed by atoms with Gasteiger partial charge in [-0.25, -0.2) is 20.0 Å². The summed E-state index contributed by atoms with van der Waals surface area (Å²) in [5.41, 5.74) is 2.92. The van der Waals surface area contributed by atoms with E-state index in [9.17, 15) is 9.59 Å². The summed E-state index contributed by atoms with van der Waals surface area (Å²) in [6.45, 7) is 3.45. The van der Waals surface area contributed by atoms with E-state index in [1.165, 1.54) is 7.05 Å². The highest BCUT2D eigenvalue weighted by Gasteiger charge is 2.13. The highest BCUT2D eigenvalue weighted by Crippen LogP contribution is 2.14. The lowest BCUT2D eigenvalue weighted by molar-refractivity contribution is 0.0962. The van der Waals surface area contributed by atoms with E-state index in [1.54, 1.807) is 38.1 Å². The molecule has 0 unspecified atom stereocenters. The fraction of sp³-hybridized carbons (Fsp3) is 0.333. The Balaban J connectivity index is 2.48. The standard InChI is InChI=1S/C12H16BrN3O3/c1-8(2)19-12(18)15-16(3)11(17)14-10-6-4-9(13)5-7-10/h4-8H,1-3H3,(H,14,17)(H,15,18). The number of rotatable bonds is 2. The summed E-state index contributed by atoms with van der Waals surface area (Å²) in [6, 6.07) is 6.61. The lowest BCUT2D eigenvalue weighted by atomic mass is 10.3. The van der Waals surface area contributed by atoms with Crippen molar-refractivity contribution in [3.8, 4) is 0 Å². The van der Waals surface area contributed by atoms with Crippen LogP contribution in [-0.2, 0) is 4.74 Å². The van der Waals surface area contributed by atoms with Gasteiger partial charge in [-0.05, 0) is 38.1 Å². The topological polar surface area (TPSA) is 70.7 Å². The first-order chi connectivity index (χ1) is 8.88. The number of urea groups is 1. The summed E-state index contributed by atoms with van der Waals surface area (Å²) < 4.78 is 5.77. The molecule has 19 heavy (non-hydrogen) atoms. The zero-order valence-corrected chi connectivity index (χ0v) is 12.5. The Labute approximate surface area is 120 Å². The van der Waals surface area contributed by atoms with E-state index < -0.39 is 12.1 Å². The van der Waals surface area contributed by atoms with Gasteiger partial charge in [-0.2, -0.15) is 0 Å². The Bertz CT molecular complexity index is 448. The first kappa shape index (κ1) is 15.3. The molecule has 0 aliphatic carbocycles. The molecule has 6 nitrogen and oxygen atoms in total. The Hall–Kier alpha value is -1.76. The van der Waals surface area contributed by atoms with Crippen LogP contribution < -0.4 is 10.7 Å². The lowest BCUT2D eigenvalue weighted by Gasteiger charge is -2.19. The molecular weight excluding hydrogens is 314 g/mol. The summed E-state index contributed by atoms with van der Waals surface area (Å²) >= 11 is 3.30. The zero-order chi connectivity index (χ0) is 14.4. The Morgan fingerprint density at radius 1 is 1.26 bits per heavy atom. The predicted octanol–water partition coefficient (Wildman–Crippen LogP) is 2.96. The van der Waals surface area contributed by atoms with Crippen molar-refractivity contribution in [2.45, 2.75) is 20.0 Å². The molecule has 0 fully saturated rings. The van der Waals surface area contributed by atoms with Crippen molar-refractivity contribution in [2.24, 2.45) is 0 Å². The molecule has 0 saturated heterocycles. The number of hydrogen-bond acceptors (Lipinski definition) is 3. The third-order valence-corrected chi connectivity index (χ3v) is 2.53. The number of benzene rings is 1. The number of carbonyl (C=O) groups excluding carboxylic acids is 2. The average molecular weight is 330 g/mol. The normalized spacial score (nSPS) is 9.95. The van der Waals surface area contributed by atoms with Crippen molar-refractivity contribution in [3.63, 3.8) is 0 Å². The number of hydrogen-bond donors (Lipinski definition) is 2. The van der Waals surface area contributed by atoms with Crippen LogP contribution in [0.5, 0.6) is 0 Å². The molecule has 7 heteroatoms. The van der Waals surface area contributed by atoms with Crippen LogP contribution >= 0.6 is 15.9 Å². The summed E-state index contributed by atoms with van der Waals surface area (Å²) in [5, 5.41) is 3.64. The maximum Gasteiger partial charge on any atom is 0.426 e. The number of nitrogens with zero attached hydrogens (tertiary/aromatic N) is 1. The van der Waals surface area contributed by atoms with E-state index in [-0.39, 0.29) is 6.10 Å². The summed E-state index contributed by atoms with van der Waals surface area (Å²) in [4.78, 5) is 23.1. The third-order valence-electron chi connectivity index (χ3n) is 2.00. The number of hydrazine groups is 1. The fourth-order valence-corrected chi connectivity index (χ4v) is 1.43. The zero-order valence-electron chi connectivity index (χ0n) is 10.9. The number of anilines is 1. The molecule has 1 aromatic carbocycles. The van der Waals surface area contributed by atoms with Gasteiger partial charge in [0.15, 0.2) is 0 Å². The maximum atomic E-state index is 11.8. The quantitative estimate of drug-likeness (QED) is 0.819. The van der Waals surface area contributed by atoms with Gasteiger partial charge in [0.25, 0.3) is 0 Å². The maximum absolute atomic E-state index is 11.8. The molecule has 2 N–H and O–H groups in total. The monoisotopic (exact) mass is 329 g/mol. The Morgan fingerprint density at radius 3 is 2.37 bits per heavy atom. The smallest absolute Gasteiger partial charge is 0.426 e. The van der Waals surface area contributed by atoms with Crippen molar-refractivity contribution >= 4 is 33.7 Å². The van der Waals surface area contributed by atoms with Gasteiger partial charge >= 0.3 is 12.1 Å². The molecule has 0 bridgehead atoms. The van der Waals surface area contributed by atoms with Crippen molar-refractivity contribution in [1.29, 1.82) is 0 Å². The molecule has 0 atom stereocenters. The first-order valence-electron chi connectivity index (χ1n) is 5.66. The molecular formula is C12H16BrN3O3. The fourth-order valence-electron chi connectivity index (χ4n) is 1.17. The van der Waals surface area contributed by atoms with E-state index in [1.807, 2.05) is 0 Å². The van der Waals surface area contributed by atoms with Crippen LogP contribution in [0.15, 0.2) is 28.7 Å². The molecule has 1 aromatic rings. The van der Waals surface area contributed by atoms with Crippen molar-refractivity contribution < 1.29 is 14.3 Å². The van der Waals surface area contributed by atoms with Crippen LogP contribution in [0, 0.1) is 0 Å². The van der Waals surface area contributed by atoms with Gasteiger partial charge in [0.05, 0.1) is 6.10 Å². The summed E-state index contributed by atoms with van der Waals surface area (Å²) in [6.07, 6.45) is -0.925. The van der Waals surface area contributed by atoms with Crippen LogP contribution in [-0.4, -0.2) is 30.3 Å². The minimum absolute atomic E-state index is 0.247. The van der Waals surface area contributed by atoms with E-state index in [2.05, 4.69) is 26.7 Å². The van der Waals surface area contributed by atoms with Crippen LogP contribution in [0.2, 0.25) is 0 Å². The van der Waals surface area contributed by atoms with Gasteiger partial charge in [-0.15, -0.1) is 0 Å². The molecule has 0 radical (unpaired) electrons. The van der Waals surface area contributed by atoms with Crippen LogP contribution in [0.4, 0.5) is 15.3 Å². The van der Waals surface area contributed by atoms with E-state index >= 15 is 0 Å². The molecule has 0 aromatic heterocycles. The van der Waals surface area contributed by atoms with Crippen molar-refractivity contribution in [2.75, 3.05) is 12.4 Å². The van der Waals surface area contributed by atoms with Crippen LogP contribution in [0.25, 0.3) is 0 Å². The van der Waals surface area contributed by atoms with Gasteiger partial charge in [-0.3, -0.25) is 0 Å². The van der Waals surface area contributed by atoms with Gasteiger partial charge < -0.3 is 10.1 Å². The van der Waals surface area contributed by atoms with Gasteiger partial charge in [-0.1, -0.05) is 15.9 Å². The highest BCUT2D eigenvalue weighted by atomic mass is 79.9. The highest BCUT2D eigenvalue weighted by molar-refractivity contribution is 9.10. The largest absolute Gasteiger partial charge is 0.446 e. The Morgan fingerprint density at radius 2 is 1.84 bits per heavy atom. The molecule has 0 aliphatic heterocycles. The van der Waals surface area contributed by atoms with Gasteiger partial charge in [0.1, 0.15) is 0 Å². The molecule has 1 rings (SSSR count). The molecule has 0 saturated carbocycles. The number of amides is 3. The molecule has 104 valence electrons. The van der Waals surface area contributed by atoms with E-state index in [4.69, 9.17) is 4.74 Å². The predicted molar refractivity (Wildman–Crippen MR) is 75.7 cm³/mol. The molecule has 0 aliphatic rings. The number of ether oxygens (including phenoxy) is 1. The Kier molecular flexibility index (Phi) is 5.62. The van der Waals surface area contributed by atoms with Gasteiger partial charge in [0, 0.05) is 17.2 Å². The number of nitrogens with one attached hydrogen (secondary N) is 2. The van der Waals surface area contributed by atoms with E-state index in [0.29, 0.717) is 5.69 Å². The minimum atomic E-state index is -0.677. The molecule has 0 spiro atoms. The number of halogens is 1. The third kappa shape index (κ3) is 5.60. The lowest BCUT2D eigenvalue weighted by Crippen LogP contribution is -2.46. The van der Waals surface area contributed by atoms with Crippen LogP contribution in [0.1, 0.15) is 13.8 Å². The number of carbonyl (C=O) groups is 2. The second kappa shape index (κ2) is 6.98. The summed E-state index contributed by atoms with van der Waals surface area (Å²) in [7, 11) is 1.43. The van der Waals surface area contributed by atoms with Crippen molar-refractivity contribution in [3.05, 3.63) is 28.7 Å². The first-order valence-corrected chi connectivity index (χ1v) is 6.45.